The summed E-state index contributed by atoms with van der Waals surface area (Å²) in [4.78, 5) is 11.2. The third kappa shape index (κ3) is 3.37. The first-order valence-corrected chi connectivity index (χ1v) is 5.73. The van der Waals surface area contributed by atoms with E-state index in [1.807, 2.05) is 22.6 Å². The van der Waals surface area contributed by atoms with Crippen molar-refractivity contribution in [2.75, 3.05) is 0 Å². The van der Waals surface area contributed by atoms with Crippen molar-refractivity contribution in [2.45, 2.75) is 13.5 Å². The average Bonchev–Trinajstić information content (AvgIpc) is 2.09. The summed E-state index contributed by atoms with van der Waals surface area (Å²) >= 11 is 5.14. The molecule has 0 spiro atoms. The third-order valence-electron chi connectivity index (χ3n) is 1.61. The molecule has 0 saturated carbocycles. The molecule has 2 nitrogen and oxygen atoms in total. The fourth-order valence-electron chi connectivity index (χ4n) is 0.991. The van der Waals surface area contributed by atoms with Crippen LogP contribution in [0.1, 0.15) is 17.3 Å². The smallest absolute Gasteiger partial charge is 0.387 e. The van der Waals surface area contributed by atoms with Crippen LogP contribution in [0.4, 0.5) is 8.78 Å². The highest BCUT2D eigenvalue weighted by Gasteiger charge is 2.13. The van der Waals surface area contributed by atoms with Crippen molar-refractivity contribution in [1.29, 1.82) is 0 Å². The Labute approximate surface area is 107 Å². The highest BCUT2D eigenvalue weighted by Crippen LogP contribution is 2.29. The lowest BCUT2D eigenvalue weighted by Crippen LogP contribution is -2.04. The number of carbonyl (C=O) groups is 1. The lowest BCUT2D eigenvalue weighted by atomic mass is 10.1. The third-order valence-corrected chi connectivity index (χ3v) is 4.05. The van der Waals surface area contributed by atoms with Crippen LogP contribution in [0.5, 0.6) is 5.75 Å². The quantitative estimate of drug-likeness (QED) is 0.578. The minimum absolute atomic E-state index is 0.0113. The zero-order valence-corrected chi connectivity index (χ0v) is 11.3. The van der Waals surface area contributed by atoms with Gasteiger partial charge in [0.25, 0.3) is 0 Å². The SMILES string of the molecule is CC(=O)c1cc(OC(F)F)cc(I)c1Br. The molecule has 0 aromatic heterocycles. The summed E-state index contributed by atoms with van der Waals surface area (Å²) in [6.07, 6.45) is 0. The largest absolute Gasteiger partial charge is 0.435 e. The summed E-state index contributed by atoms with van der Waals surface area (Å²) in [6.45, 7) is -1.52. The van der Waals surface area contributed by atoms with Crippen molar-refractivity contribution in [3.05, 3.63) is 25.7 Å². The summed E-state index contributed by atoms with van der Waals surface area (Å²) in [5.74, 6) is -0.220. The van der Waals surface area contributed by atoms with Gasteiger partial charge in [0.05, 0.1) is 0 Å². The zero-order chi connectivity index (χ0) is 11.6. The van der Waals surface area contributed by atoms with E-state index in [0.29, 0.717) is 13.6 Å². The number of carbonyl (C=O) groups excluding carboxylic acids is 1. The Balaban J connectivity index is 3.17. The number of halogens is 4. The van der Waals surface area contributed by atoms with Gasteiger partial charge in [-0.15, -0.1) is 0 Å². The van der Waals surface area contributed by atoms with Gasteiger partial charge in [0.1, 0.15) is 5.75 Å². The molecule has 0 amide bonds. The van der Waals surface area contributed by atoms with Gasteiger partial charge in [-0.05, 0) is 57.6 Å². The molecule has 0 saturated heterocycles. The molecule has 0 radical (unpaired) electrons. The van der Waals surface area contributed by atoms with E-state index in [1.165, 1.54) is 19.1 Å². The second-order valence-corrected chi connectivity index (χ2v) is 4.66. The molecule has 15 heavy (non-hydrogen) atoms. The van der Waals surface area contributed by atoms with Crippen LogP contribution in [0, 0.1) is 3.57 Å². The van der Waals surface area contributed by atoms with Gasteiger partial charge < -0.3 is 4.74 Å². The predicted octanol–water partition coefficient (Wildman–Crippen LogP) is 3.86. The maximum Gasteiger partial charge on any atom is 0.387 e. The van der Waals surface area contributed by atoms with E-state index in [-0.39, 0.29) is 11.5 Å². The van der Waals surface area contributed by atoms with Crippen molar-refractivity contribution in [3.63, 3.8) is 0 Å². The van der Waals surface area contributed by atoms with E-state index in [0.717, 1.165) is 0 Å². The zero-order valence-electron chi connectivity index (χ0n) is 7.56. The Hall–Kier alpha value is -0.240. The van der Waals surface area contributed by atoms with Crippen LogP contribution in [0.15, 0.2) is 16.6 Å². The lowest BCUT2D eigenvalue weighted by Gasteiger charge is -2.08. The highest BCUT2D eigenvalue weighted by atomic mass is 127. The number of rotatable bonds is 3. The number of Topliss-reactive ketones (excluding diaryl/α,β-unsaturated/α-hetero) is 1. The Bertz CT molecular complexity index is 396. The Morgan fingerprint density at radius 3 is 2.60 bits per heavy atom. The fourth-order valence-corrected chi connectivity index (χ4v) is 2.10. The van der Waals surface area contributed by atoms with E-state index in [9.17, 15) is 13.6 Å². The molecule has 1 aromatic carbocycles. The number of ether oxygens (including phenoxy) is 1. The second-order valence-electron chi connectivity index (χ2n) is 2.70. The molecule has 0 unspecified atom stereocenters. The Morgan fingerprint density at radius 1 is 1.53 bits per heavy atom. The molecule has 0 N–H and O–H groups in total. The monoisotopic (exact) mass is 390 g/mol. The van der Waals surface area contributed by atoms with Crippen molar-refractivity contribution >= 4 is 44.3 Å². The molecule has 1 rings (SSSR count). The van der Waals surface area contributed by atoms with Gasteiger partial charge in [0.2, 0.25) is 0 Å². The van der Waals surface area contributed by atoms with Gasteiger partial charge in [-0.1, -0.05) is 0 Å². The van der Waals surface area contributed by atoms with Gasteiger partial charge in [0, 0.05) is 13.6 Å². The molecular weight excluding hydrogens is 385 g/mol. The summed E-state index contributed by atoms with van der Waals surface area (Å²) in [5, 5.41) is 0. The molecule has 0 fully saturated rings. The summed E-state index contributed by atoms with van der Waals surface area (Å²) in [6, 6.07) is 2.73. The number of ketones is 1. The van der Waals surface area contributed by atoms with Crippen LogP contribution in [-0.2, 0) is 0 Å². The molecule has 0 aliphatic heterocycles. The van der Waals surface area contributed by atoms with Crippen molar-refractivity contribution in [2.24, 2.45) is 0 Å². The minimum atomic E-state index is -2.89. The number of hydrogen-bond acceptors (Lipinski definition) is 2. The minimum Gasteiger partial charge on any atom is -0.435 e. The van der Waals surface area contributed by atoms with Gasteiger partial charge in [-0.2, -0.15) is 8.78 Å². The predicted molar refractivity (Wildman–Crippen MR) is 63.5 cm³/mol. The molecule has 0 atom stereocenters. The van der Waals surface area contributed by atoms with Crippen LogP contribution in [0.2, 0.25) is 0 Å². The first-order valence-electron chi connectivity index (χ1n) is 3.86. The average molecular weight is 391 g/mol. The maximum atomic E-state index is 12.0. The molecule has 6 heteroatoms. The molecule has 0 bridgehead atoms. The molecule has 0 heterocycles. The molecule has 0 aliphatic rings. The summed E-state index contributed by atoms with van der Waals surface area (Å²) in [5.41, 5.74) is 0.331. The van der Waals surface area contributed by atoms with Gasteiger partial charge in [-0.3, -0.25) is 4.79 Å². The van der Waals surface area contributed by atoms with Crippen LogP contribution >= 0.6 is 38.5 Å². The van der Waals surface area contributed by atoms with E-state index in [4.69, 9.17) is 0 Å². The van der Waals surface area contributed by atoms with Crippen molar-refractivity contribution in [3.8, 4) is 5.75 Å². The van der Waals surface area contributed by atoms with E-state index < -0.39 is 6.61 Å². The second kappa shape index (κ2) is 5.20. The lowest BCUT2D eigenvalue weighted by molar-refractivity contribution is -0.0499. The van der Waals surface area contributed by atoms with Crippen LogP contribution in [0.3, 0.4) is 0 Å². The van der Waals surface area contributed by atoms with E-state index >= 15 is 0 Å². The fraction of sp³-hybridized carbons (Fsp3) is 0.222. The molecule has 0 aliphatic carbocycles. The number of alkyl halides is 2. The van der Waals surface area contributed by atoms with Gasteiger partial charge in [-0.25, -0.2) is 0 Å². The molecule has 1 aromatic rings. The van der Waals surface area contributed by atoms with Crippen LogP contribution in [0.25, 0.3) is 0 Å². The summed E-state index contributed by atoms with van der Waals surface area (Å²) in [7, 11) is 0. The topological polar surface area (TPSA) is 26.3 Å². The Kier molecular flexibility index (Phi) is 4.45. The van der Waals surface area contributed by atoms with Crippen molar-refractivity contribution in [1.82, 2.24) is 0 Å². The van der Waals surface area contributed by atoms with E-state index in [2.05, 4.69) is 20.7 Å². The number of hydrogen-bond donors (Lipinski definition) is 0. The van der Waals surface area contributed by atoms with Gasteiger partial charge >= 0.3 is 6.61 Å². The van der Waals surface area contributed by atoms with Crippen molar-refractivity contribution < 1.29 is 18.3 Å². The standard InChI is InChI=1S/C9H6BrF2IO2/c1-4(14)6-2-5(15-9(11)12)3-7(13)8(6)10/h2-3,9H,1H3. The first-order chi connectivity index (χ1) is 6.91. The highest BCUT2D eigenvalue weighted by molar-refractivity contribution is 14.1. The molecular formula is C9H6BrF2IO2. The van der Waals surface area contributed by atoms with E-state index in [1.54, 1.807) is 0 Å². The summed E-state index contributed by atoms with van der Waals surface area (Å²) < 4.78 is 29.4. The first kappa shape index (κ1) is 12.8. The normalized spacial score (nSPS) is 10.5. The van der Waals surface area contributed by atoms with Crippen LogP contribution in [-0.4, -0.2) is 12.4 Å². The Morgan fingerprint density at radius 2 is 2.13 bits per heavy atom. The van der Waals surface area contributed by atoms with Gasteiger partial charge in [0.15, 0.2) is 5.78 Å². The van der Waals surface area contributed by atoms with Crippen LogP contribution < -0.4 is 4.74 Å². The maximum absolute atomic E-state index is 12.0. The molecule has 82 valence electrons. The number of benzene rings is 1.